The summed E-state index contributed by atoms with van der Waals surface area (Å²) in [5.41, 5.74) is 0.129. The maximum atomic E-state index is 11.4. The third kappa shape index (κ3) is 1.88. The van der Waals surface area contributed by atoms with Gasteiger partial charge in [-0.2, -0.15) is 0 Å². The number of carbonyl (C=O) groups is 2. The Morgan fingerprint density at radius 3 is 2.69 bits per heavy atom. The van der Waals surface area contributed by atoms with Crippen LogP contribution < -0.4 is 10.6 Å². The molecule has 2 amide bonds. The van der Waals surface area contributed by atoms with E-state index in [1.54, 1.807) is 0 Å². The Labute approximate surface area is 77.4 Å². The molecule has 1 aliphatic heterocycles. The van der Waals surface area contributed by atoms with Gasteiger partial charge in [-0.05, 0) is 5.92 Å². The van der Waals surface area contributed by atoms with Crippen molar-refractivity contribution in [3.8, 4) is 0 Å². The summed E-state index contributed by atoms with van der Waals surface area (Å²) in [7, 11) is 0. The third-order valence-corrected chi connectivity index (χ3v) is 2.33. The van der Waals surface area contributed by atoms with Crippen molar-refractivity contribution in [2.45, 2.75) is 26.3 Å². The van der Waals surface area contributed by atoms with Crippen LogP contribution in [-0.2, 0) is 9.59 Å². The fraction of sp³-hybridized carbons (Fsp3) is 0.556. The van der Waals surface area contributed by atoms with Crippen LogP contribution in [-0.4, -0.2) is 17.9 Å². The Kier molecular flexibility index (Phi) is 2.70. The van der Waals surface area contributed by atoms with E-state index in [9.17, 15) is 9.59 Å². The molecule has 0 aromatic carbocycles. The van der Waals surface area contributed by atoms with Crippen LogP contribution >= 0.6 is 0 Å². The van der Waals surface area contributed by atoms with Gasteiger partial charge in [-0.1, -0.05) is 26.8 Å². The Balaban J connectivity index is 2.72. The molecule has 4 nitrogen and oxygen atoms in total. The first-order chi connectivity index (χ1) is 6.06. The highest BCUT2D eigenvalue weighted by molar-refractivity contribution is 6.04. The van der Waals surface area contributed by atoms with E-state index in [2.05, 4.69) is 17.2 Å². The minimum Gasteiger partial charge on any atom is -0.339 e. The number of amides is 2. The smallest absolute Gasteiger partial charge is 0.267 e. The van der Waals surface area contributed by atoms with Gasteiger partial charge in [0.1, 0.15) is 6.04 Å². The van der Waals surface area contributed by atoms with Crippen molar-refractivity contribution in [2.24, 2.45) is 5.92 Å². The van der Waals surface area contributed by atoms with E-state index in [0.29, 0.717) is 0 Å². The number of rotatable bonds is 2. The predicted molar refractivity (Wildman–Crippen MR) is 48.7 cm³/mol. The van der Waals surface area contributed by atoms with Gasteiger partial charge in [-0.15, -0.1) is 0 Å². The van der Waals surface area contributed by atoms with E-state index in [1.165, 1.54) is 0 Å². The molecular weight excluding hydrogens is 168 g/mol. The van der Waals surface area contributed by atoms with Crippen LogP contribution in [0.4, 0.5) is 0 Å². The van der Waals surface area contributed by atoms with Gasteiger partial charge in [0.2, 0.25) is 5.91 Å². The Morgan fingerprint density at radius 2 is 2.15 bits per heavy atom. The molecule has 1 rings (SSSR count). The zero-order valence-electron chi connectivity index (χ0n) is 7.89. The van der Waals surface area contributed by atoms with Crippen molar-refractivity contribution in [3.63, 3.8) is 0 Å². The summed E-state index contributed by atoms with van der Waals surface area (Å²) in [6.07, 6.45) is 0.852. The lowest BCUT2D eigenvalue weighted by molar-refractivity contribution is -0.132. The van der Waals surface area contributed by atoms with Crippen LogP contribution in [0.3, 0.4) is 0 Å². The van der Waals surface area contributed by atoms with E-state index in [-0.39, 0.29) is 23.4 Å². The lowest BCUT2D eigenvalue weighted by Crippen LogP contribution is -2.56. The molecular formula is C9H14N2O2. The maximum Gasteiger partial charge on any atom is 0.267 e. The molecule has 1 saturated heterocycles. The minimum atomic E-state index is -0.414. The van der Waals surface area contributed by atoms with E-state index in [0.717, 1.165) is 6.42 Å². The second-order valence-electron chi connectivity index (χ2n) is 3.30. The number of hydrogen-bond donors (Lipinski definition) is 2. The zero-order chi connectivity index (χ0) is 10.0. The predicted octanol–water partition coefficient (Wildman–Crippen LogP) is 0.161. The van der Waals surface area contributed by atoms with Gasteiger partial charge in [0.15, 0.2) is 0 Å². The van der Waals surface area contributed by atoms with E-state index >= 15 is 0 Å². The number of carbonyl (C=O) groups excluding carboxylic acids is 2. The minimum absolute atomic E-state index is 0.129. The molecule has 1 heterocycles. The van der Waals surface area contributed by atoms with E-state index in [1.807, 2.05) is 13.8 Å². The van der Waals surface area contributed by atoms with Crippen molar-refractivity contribution < 1.29 is 9.59 Å². The molecule has 4 heteroatoms. The number of piperazine rings is 1. The summed E-state index contributed by atoms with van der Waals surface area (Å²) < 4.78 is 0. The van der Waals surface area contributed by atoms with Crippen LogP contribution in [0.2, 0.25) is 0 Å². The Morgan fingerprint density at radius 1 is 1.54 bits per heavy atom. The van der Waals surface area contributed by atoms with Gasteiger partial charge in [0.05, 0.1) is 5.70 Å². The van der Waals surface area contributed by atoms with Gasteiger partial charge in [0.25, 0.3) is 5.91 Å². The second-order valence-corrected chi connectivity index (χ2v) is 3.30. The number of nitrogens with one attached hydrogen (secondary N) is 2. The first kappa shape index (κ1) is 9.77. The van der Waals surface area contributed by atoms with Crippen molar-refractivity contribution in [1.29, 1.82) is 0 Å². The van der Waals surface area contributed by atoms with Gasteiger partial charge in [-0.25, -0.2) is 0 Å². The van der Waals surface area contributed by atoms with Crippen molar-refractivity contribution >= 4 is 11.8 Å². The number of hydrogen-bond acceptors (Lipinski definition) is 2. The molecule has 0 aromatic rings. The first-order valence-corrected chi connectivity index (χ1v) is 4.37. The molecule has 2 atom stereocenters. The fourth-order valence-corrected chi connectivity index (χ4v) is 1.21. The summed E-state index contributed by atoms with van der Waals surface area (Å²) >= 11 is 0. The first-order valence-electron chi connectivity index (χ1n) is 4.37. The Hall–Kier alpha value is -1.32. The molecule has 1 fully saturated rings. The molecule has 2 N–H and O–H groups in total. The molecule has 0 radical (unpaired) electrons. The normalized spacial score (nSPS) is 25.1. The van der Waals surface area contributed by atoms with Crippen molar-refractivity contribution in [2.75, 3.05) is 0 Å². The van der Waals surface area contributed by atoms with Crippen LogP contribution in [0.5, 0.6) is 0 Å². The van der Waals surface area contributed by atoms with Crippen LogP contribution in [0.1, 0.15) is 20.3 Å². The molecule has 72 valence electrons. The van der Waals surface area contributed by atoms with Gasteiger partial charge < -0.3 is 10.6 Å². The molecule has 1 aliphatic rings. The Bertz CT molecular complexity index is 260. The highest BCUT2D eigenvalue weighted by atomic mass is 16.2. The van der Waals surface area contributed by atoms with Gasteiger partial charge >= 0.3 is 0 Å². The van der Waals surface area contributed by atoms with E-state index < -0.39 is 6.04 Å². The summed E-state index contributed by atoms with van der Waals surface area (Å²) in [5, 5.41) is 5.06. The fourth-order valence-electron chi connectivity index (χ4n) is 1.21. The molecule has 13 heavy (non-hydrogen) atoms. The lowest BCUT2D eigenvalue weighted by Gasteiger charge is -2.28. The quantitative estimate of drug-likeness (QED) is 0.598. The van der Waals surface area contributed by atoms with Gasteiger partial charge in [-0.3, -0.25) is 9.59 Å². The van der Waals surface area contributed by atoms with Crippen LogP contribution in [0.15, 0.2) is 12.3 Å². The zero-order valence-corrected chi connectivity index (χ0v) is 7.89. The standard InChI is InChI=1S/C9H14N2O2/c1-4-5(2)7-9(13)10-6(3)8(12)11-7/h5,7H,3-4H2,1-2H3,(H,10,13)(H,11,12)/t5-,7-/m0/s1. The highest BCUT2D eigenvalue weighted by Gasteiger charge is 2.31. The van der Waals surface area contributed by atoms with Crippen LogP contribution in [0, 0.1) is 5.92 Å². The highest BCUT2D eigenvalue weighted by Crippen LogP contribution is 2.11. The summed E-state index contributed by atoms with van der Waals surface area (Å²) in [4.78, 5) is 22.5. The third-order valence-electron chi connectivity index (χ3n) is 2.33. The largest absolute Gasteiger partial charge is 0.339 e. The average Bonchev–Trinajstić information content (AvgIpc) is 2.10. The topological polar surface area (TPSA) is 58.2 Å². The average molecular weight is 182 g/mol. The molecule has 0 bridgehead atoms. The van der Waals surface area contributed by atoms with Gasteiger partial charge in [0, 0.05) is 0 Å². The molecule has 0 aromatic heterocycles. The SMILES string of the molecule is C=C1NC(=O)[C@H]([C@@H](C)CC)NC1=O. The van der Waals surface area contributed by atoms with Crippen molar-refractivity contribution in [1.82, 2.24) is 10.6 Å². The van der Waals surface area contributed by atoms with Crippen LogP contribution in [0.25, 0.3) is 0 Å². The molecule has 0 aliphatic carbocycles. The summed E-state index contributed by atoms with van der Waals surface area (Å²) in [6.45, 7) is 7.33. The monoisotopic (exact) mass is 182 g/mol. The maximum absolute atomic E-state index is 11.4. The summed E-state index contributed by atoms with van der Waals surface area (Å²) in [5.74, 6) is -0.305. The van der Waals surface area contributed by atoms with Crippen molar-refractivity contribution in [3.05, 3.63) is 12.3 Å². The second kappa shape index (κ2) is 3.60. The molecule has 0 spiro atoms. The summed E-state index contributed by atoms with van der Waals surface area (Å²) in [6, 6.07) is -0.414. The molecule has 0 unspecified atom stereocenters. The molecule has 0 saturated carbocycles. The van der Waals surface area contributed by atoms with E-state index in [4.69, 9.17) is 0 Å². The lowest BCUT2D eigenvalue weighted by atomic mass is 9.97.